The third-order valence-corrected chi connectivity index (χ3v) is 14.1. The molecule has 13 rings (SSSR count). The van der Waals surface area contributed by atoms with Gasteiger partial charge in [0.05, 0.1) is 5.41 Å². The molecule has 11 aromatic rings. The number of fused-ring (bicyclic) bond motifs is 13. The second-order valence-corrected chi connectivity index (χ2v) is 17.3. The maximum absolute atomic E-state index is 5.21. The van der Waals surface area contributed by atoms with Gasteiger partial charge in [0, 0.05) is 36.9 Å². The zero-order chi connectivity index (χ0) is 40.8. The summed E-state index contributed by atoms with van der Waals surface area (Å²) in [4.78, 5) is 15.5. The van der Waals surface area contributed by atoms with Gasteiger partial charge in [-0.05, 0) is 85.0 Å². The summed E-state index contributed by atoms with van der Waals surface area (Å²) in [7, 11) is 0. The highest BCUT2D eigenvalue weighted by Gasteiger charge is 2.52. The van der Waals surface area contributed by atoms with Gasteiger partial charge in [0.15, 0.2) is 17.5 Å². The number of nitrogens with zero attached hydrogens (tertiary/aromatic N) is 3. The van der Waals surface area contributed by atoms with E-state index in [0.29, 0.717) is 17.5 Å². The summed E-state index contributed by atoms with van der Waals surface area (Å²) in [6.45, 7) is 0. The Kier molecular flexibility index (Phi) is 7.69. The van der Waals surface area contributed by atoms with Crippen LogP contribution in [0.1, 0.15) is 22.3 Å². The molecule has 62 heavy (non-hydrogen) atoms. The van der Waals surface area contributed by atoms with E-state index in [0.717, 1.165) is 27.8 Å². The smallest absolute Gasteiger partial charge is 0.164 e. The fourth-order valence-electron chi connectivity index (χ4n) is 10.4. The van der Waals surface area contributed by atoms with E-state index < -0.39 is 5.41 Å². The molecule has 0 saturated carbocycles. The number of hydrogen-bond donors (Lipinski definition) is 0. The Morgan fingerprint density at radius 3 is 1.47 bits per heavy atom. The first-order chi connectivity index (χ1) is 30.7. The van der Waals surface area contributed by atoms with Crippen molar-refractivity contribution in [2.24, 2.45) is 0 Å². The van der Waals surface area contributed by atoms with Crippen LogP contribution in [0.2, 0.25) is 0 Å². The van der Waals surface area contributed by atoms with Crippen molar-refractivity contribution in [3.8, 4) is 78.7 Å². The van der Waals surface area contributed by atoms with Crippen LogP contribution in [0, 0.1) is 0 Å². The molecule has 0 N–H and O–H groups in total. The summed E-state index contributed by atoms with van der Waals surface area (Å²) >= 11 is 1.84. The van der Waals surface area contributed by atoms with Gasteiger partial charge in [0.2, 0.25) is 0 Å². The Hall–Kier alpha value is -7.79. The van der Waals surface area contributed by atoms with Crippen LogP contribution in [-0.4, -0.2) is 15.0 Å². The van der Waals surface area contributed by atoms with E-state index >= 15 is 0 Å². The third kappa shape index (κ3) is 5.08. The fraction of sp³-hybridized carbons (Fsp3) is 0.0172. The first kappa shape index (κ1) is 35.0. The summed E-state index contributed by atoms with van der Waals surface area (Å²) in [5, 5.41) is 2.57. The second-order valence-electron chi connectivity index (χ2n) is 16.2. The van der Waals surface area contributed by atoms with Gasteiger partial charge in [-0.2, -0.15) is 0 Å². The largest absolute Gasteiger partial charge is 0.208 e. The Bertz CT molecular complexity index is 3520. The SMILES string of the molecule is c1ccc(-c2nc(-c3ccc(-c4cccc5c4C4(c6ccccc6-c6ccccc64)c4ccccc4-5)cc3)nc(-c3cccc(-c4cccc5sc6ccccc6c45)c3)n2)cc1. The minimum absolute atomic E-state index is 0.432. The van der Waals surface area contributed by atoms with E-state index in [1.54, 1.807) is 0 Å². The quantitative estimate of drug-likeness (QED) is 0.174. The summed E-state index contributed by atoms with van der Waals surface area (Å²) < 4.78 is 2.58. The highest BCUT2D eigenvalue weighted by Crippen LogP contribution is 2.64. The molecule has 2 aromatic heterocycles. The van der Waals surface area contributed by atoms with Gasteiger partial charge in [-0.15, -0.1) is 11.3 Å². The van der Waals surface area contributed by atoms with Gasteiger partial charge in [-0.3, -0.25) is 0 Å². The van der Waals surface area contributed by atoms with E-state index in [2.05, 4.69) is 194 Å². The van der Waals surface area contributed by atoms with E-state index in [1.165, 1.54) is 75.8 Å². The van der Waals surface area contributed by atoms with Gasteiger partial charge < -0.3 is 0 Å². The van der Waals surface area contributed by atoms with E-state index in [-0.39, 0.29) is 0 Å². The molecule has 0 fully saturated rings. The minimum atomic E-state index is -0.432. The van der Waals surface area contributed by atoms with Crippen LogP contribution < -0.4 is 0 Å². The maximum atomic E-state index is 5.21. The summed E-state index contributed by atoms with van der Waals surface area (Å²) in [6.07, 6.45) is 0. The molecular weight excluding hydrogens is 771 g/mol. The van der Waals surface area contributed by atoms with Crippen molar-refractivity contribution < 1.29 is 0 Å². The Balaban J connectivity index is 0.949. The van der Waals surface area contributed by atoms with Crippen molar-refractivity contribution in [3.63, 3.8) is 0 Å². The number of hydrogen-bond acceptors (Lipinski definition) is 4. The van der Waals surface area contributed by atoms with E-state index in [1.807, 2.05) is 29.5 Å². The molecule has 1 spiro atoms. The molecular formula is C58H35N3S. The molecule has 4 heteroatoms. The number of thiophene rings is 1. The summed E-state index contributed by atoms with van der Waals surface area (Å²) in [5.41, 5.74) is 17.7. The van der Waals surface area contributed by atoms with Crippen molar-refractivity contribution in [1.29, 1.82) is 0 Å². The van der Waals surface area contributed by atoms with Gasteiger partial charge in [-0.25, -0.2) is 15.0 Å². The minimum Gasteiger partial charge on any atom is -0.208 e. The van der Waals surface area contributed by atoms with Gasteiger partial charge in [0.25, 0.3) is 0 Å². The standard InChI is InChI=1S/C58H35N3S/c1-2-15-37(16-3-1)55-59-56(61-57(60-55)40-18-12-17-39(35-40)41-23-14-30-52-53(41)47-22-7-11-29-51(47)62-52)38-33-31-36(32-34-38)42-24-13-25-46-45-21-6-10-28-50(45)58(54(42)46)48-26-8-4-19-43(48)44-20-5-9-27-49(44)58/h1-35H. The first-order valence-electron chi connectivity index (χ1n) is 21.1. The number of rotatable bonds is 5. The molecule has 0 bridgehead atoms. The topological polar surface area (TPSA) is 38.7 Å². The molecule has 0 aliphatic heterocycles. The Labute approximate surface area is 363 Å². The average Bonchev–Trinajstić information content (AvgIpc) is 3.99. The highest BCUT2D eigenvalue weighted by atomic mass is 32.1. The predicted molar refractivity (Wildman–Crippen MR) is 256 cm³/mol. The van der Waals surface area contributed by atoms with Crippen LogP contribution in [0.4, 0.5) is 0 Å². The zero-order valence-corrected chi connectivity index (χ0v) is 34.3. The van der Waals surface area contributed by atoms with E-state index in [4.69, 9.17) is 15.0 Å². The van der Waals surface area contributed by atoms with Crippen molar-refractivity contribution in [3.05, 3.63) is 235 Å². The molecule has 288 valence electrons. The molecule has 2 aliphatic carbocycles. The van der Waals surface area contributed by atoms with Crippen molar-refractivity contribution in [2.45, 2.75) is 5.41 Å². The summed E-state index contributed by atoms with van der Waals surface area (Å²) in [5.74, 6) is 1.92. The number of benzene rings is 9. The normalized spacial score (nSPS) is 13.0. The first-order valence-corrected chi connectivity index (χ1v) is 21.9. The van der Waals surface area contributed by atoms with Crippen molar-refractivity contribution in [2.75, 3.05) is 0 Å². The van der Waals surface area contributed by atoms with Crippen LogP contribution in [0.5, 0.6) is 0 Å². The third-order valence-electron chi connectivity index (χ3n) is 13.0. The average molecular weight is 806 g/mol. The molecule has 0 unspecified atom stereocenters. The van der Waals surface area contributed by atoms with Crippen molar-refractivity contribution >= 4 is 31.5 Å². The molecule has 0 saturated heterocycles. The molecule has 0 radical (unpaired) electrons. The maximum Gasteiger partial charge on any atom is 0.164 e. The van der Waals surface area contributed by atoms with Gasteiger partial charge in [-0.1, -0.05) is 194 Å². The van der Waals surface area contributed by atoms with Crippen molar-refractivity contribution in [1.82, 2.24) is 15.0 Å². The predicted octanol–water partition coefficient (Wildman–Crippen LogP) is 14.9. The summed E-state index contributed by atoms with van der Waals surface area (Å²) in [6, 6.07) is 76.7. The van der Waals surface area contributed by atoms with Crippen LogP contribution in [-0.2, 0) is 5.41 Å². The van der Waals surface area contributed by atoms with E-state index in [9.17, 15) is 0 Å². The van der Waals surface area contributed by atoms with Crippen LogP contribution in [0.3, 0.4) is 0 Å². The second kappa shape index (κ2) is 13.6. The van der Waals surface area contributed by atoms with Crippen LogP contribution in [0.15, 0.2) is 212 Å². The van der Waals surface area contributed by atoms with Gasteiger partial charge in [0.1, 0.15) is 0 Å². The van der Waals surface area contributed by atoms with Crippen LogP contribution in [0.25, 0.3) is 98.8 Å². The fourth-order valence-corrected chi connectivity index (χ4v) is 11.5. The molecule has 2 aliphatic rings. The molecule has 0 amide bonds. The lowest BCUT2D eigenvalue weighted by atomic mass is 9.68. The van der Waals surface area contributed by atoms with Gasteiger partial charge >= 0.3 is 0 Å². The monoisotopic (exact) mass is 805 g/mol. The Morgan fingerprint density at radius 1 is 0.306 bits per heavy atom. The molecule has 3 nitrogen and oxygen atoms in total. The highest BCUT2D eigenvalue weighted by molar-refractivity contribution is 7.25. The number of aromatic nitrogens is 3. The lowest BCUT2D eigenvalue weighted by Gasteiger charge is -2.32. The zero-order valence-electron chi connectivity index (χ0n) is 33.5. The lowest BCUT2D eigenvalue weighted by molar-refractivity contribution is 0.796. The molecule has 0 atom stereocenters. The van der Waals surface area contributed by atoms with Crippen LogP contribution >= 0.6 is 11.3 Å². The lowest BCUT2D eigenvalue weighted by Crippen LogP contribution is -2.26. The molecule has 9 aromatic carbocycles. The molecule has 2 heterocycles. The Morgan fingerprint density at radius 2 is 0.758 bits per heavy atom.